The number of benzene rings is 1. The van der Waals surface area contributed by atoms with E-state index in [1.165, 1.54) is 5.56 Å². The van der Waals surface area contributed by atoms with Crippen LogP contribution < -0.4 is 10.6 Å². The van der Waals surface area contributed by atoms with Crippen LogP contribution in [0.3, 0.4) is 0 Å². The Labute approximate surface area is 161 Å². The molecule has 0 spiro atoms. The van der Waals surface area contributed by atoms with E-state index in [0.29, 0.717) is 12.6 Å². The molecule has 1 fully saturated rings. The standard InChI is InChI=1S/C21H30N4O2/c1-2-22-21(24-11-5-13-27-18-9-14-26-15-10-18)25-16-17-8-12-23-20-7-4-3-6-19(17)20/h3-4,6-8,12,18H,2,5,9-11,13-16H2,1H3,(H2,22,24,25). The minimum Gasteiger partial charge on any atom is -0.381 e. The van der Waals surface area contributed by atoms with E-state index in [9.17, 15) is 0 Å². The van der Waals surface area contributed by atoms with Gasteiger partial charge in [0.1, 0.15) is 0 Å². The monoisotopic (exact) mass is 370 g/mol. The van der Waals surface area contributed by atoms with E-state index in [2.05, 4.69) is 28.6 Å². The zero-order chi connectivity index (χ0) is 18.7. The fraction of sp³-hybridized carbons (Fsp3) is 0.524. The molecule has 1 saturated heterocycles. The molecule has 146 valence electrons. The van der Waals surface area contributed by atoms with E-state index in [-0.39, 0.29) is 0 Å². The smallest absolute Gasteiger partial charge is 0.191 e. The molecule has 1 aromatic heterocycles. The molecule has 6 nitrogen and oxygen atoms in total. The van der Waals surface area contributed by atoms with Crippen molar-refractivity contribution in [1.82, 2.24) is 15.6 Å². The van der Waals surface area contributed by atoms with Gasteiger partial charge in [0.2, 0.25) is 0 Å². The first-order valence-electron chi connectivity index (χ1n) is 9.91. The first kappa shape index (κ1) is 19.6. The number of nitrogens with zero attached hydrogens (tertiary/aromatic N) is 2. The number of aromatic nitrogens is 1. The highest BCUT2D eigenvalue weighted by atomic mass is 16.5. The van der Waals surface area contributed by atoms with Crippen molar-refractivity contribution in [2.45, 2.75) is 38.8 Å². The molecule has 2 N–H and O–H groups in total. The van der Waals surface area contributed by atoms with Crippen molar-refractivity contribution in [2.75, 3.05) is 32.9 Å². The minimum absolute atomic E-state index is 0.362. The lowest BCUT2D eigenvalue weighted by molar-refractivity contribution is -0.0320. The molecule has 0 saturated carbocycles. The summed E-state index contributed by atoms with van der Waals surface area (Å²) in [6.07, 6.45) is 5.19. The molecule has 0 radical (unpaired) electrons. The van der Waals surface area contributed by atoms with Gasteiger partial charge in [0.15, 0.2) is 5.96 Å². The molecule has 6 heteroatoms. The molecule has 0 amide bonds. The minimum atomic E-state index is 0.362. The second-order valence-electron chi connectivity index (χ2n) is 6.65. The van der Waals surface area contributed by atoms with Gasteiger partial charge in [0.25, 0.3) is 0 Å². The van der Waals surface area contributed by atoms with Gasteiger partial charge in [-0.05, 0) is 43.9 Å². The Hall–Kier alpha value is -2.18. The first-order chi connectivity index (χ1) is 13.4. The van der Waals surface area contributed by atoms with Gasteiger partial charge in [-0.2, -0.15) is 0 Å². The number of hydrogen-bond donors (Lipinski definition) is 2. The van der Waals surface area contributed by atoms with Crippen LogP contribution in [0.1, 0.15) is 31.7 Å². The normalized spacial score (nSPS) is 15.8. The van der Waals surface area contributed by atoms with Crippen molar-refractivity contribution in [2.24, 2.45) is 4.99 Å². The van der Waals surface area contributed by atoms with Gasteiger partial charge < -0.3 is 20.1 Å². The molecule has 1 aliphatic rings. The summed E-state index contributed by atoms with van der Waals surface area (Å²) in [5.41, 5.74) is 2.19. The van der Waals surface area contributed by atoms with Crippen molar-refractivity contribution < 1.29 is 9.47 Å². The molecule has 0 atom stereocenters. The van der Waals surface area contributed by atoms with E-state index in [0.717, 1.165) is 69.0 Å². The number of pyridine rings is 1. The van der Waals surface area contributed by atoms with Crippen LogP contribution in [0.4, 0.5) is 0 Å². The van der Waals surface area contributed by atoms with Crippen LogP contribution in [-0.4, -0.2) is 50.0 Å². The Kier molecular flexibility index (Phi) is 7.86. The fourth-order valence-electron chi connectivity index (χ4n) is 3.17. The molecular weight excluding hydrogens is 340 g/mol. The molecule has 2 aromatic rings. The molecule has 1 aromatic carbocycles. The molecule has 3 rings (SSSR count). The highest BCUT2D eigenvalue weighted by molar-refractivity contribution is 5.83. The Bertz CT molecular complexity index is 724. The van der Waals surface area contributed by atoms with Crippen LogP contribution in [0.5, 0.6) is 0 Å². The summed E-state index contributed by atoms with van der Waals surface area (Å²) in [5.74, 6) is 0.837. The third-order valence-corrected chi connectivity index (χ3v) is 4.63. The second kappa shape index (κ2) is 10.8. The maximum absolute atomic E-state index is 5.91. The van der Waals surface area contributed by atoms with Gasteiger partial charge in [0.05, 0.1) is 18.2 Å². The van der Waals surface area contributed by atoms with E-state index >= 15 is 0 Å². The zero-order valence-electron chi connectivity index (χ0n) is 16.1. The number of para-hydroxylation sites is 1. The summed E-state index contributed by atoms with van der Waals surface area (Å²) in [6, 6.07) is 10.2. The highest BCUT2D eigenvalue weighted by Gasteiger charge is 2.13. The third kappa shape index (κ3) is 6.19. The fourth-order valence-corrected chi connectivity index (χ4v) is 3.17. The summed E-state index contributed by atoms with van der Waals surface area (Å²) in [7, 11) is 0. The topological polar surface area (TPSA) is 67.8 Å². The van der Waals surface area contributed by atoms with Crippen molar-refractivity contribution in [1.29, 1.82) is 0 Å². The highest BCUT2D eigenvalue weighted by Crippen LogP contribution is 2.16. The van der Waals surface area contributed by atoms with Crippen LogP contribution in [0.25, 0.3) is 10.9 Å². The van der Waals surface area contributed by atoms with E-state index < -0.39 is 0 Å². The van der Waals surface area contributed by atoms with Crippen molar-refractivity contribution in [3.05, 3.63) is 42.1 Å². The molecule has 27 heavy (non-hydrogen) atoms. The second-order valence-corrected chi connectivity index (χ2v) is 6.65. The van der Waals surface area contributed by atoms with Crippen LogP contribution in [0, 0.1) is 0 Å². The average molecular weight is 370 g/mol. The predicted molar refractivity (Wildman–Crippen MR) is 109 cm³/mol. The van der Waals surface area contributed by atoms with Crippen molar-refractivity contribution in [3.8, 4) is 0 Å². The molecule has 2 heterocycles. The number of nitrogens with one attached hydrogen (secondary N) is 2. The number of guanidine groups is 1. The van der Waals surface area contributed by atoms with Crippen LogP contribution >= 0.6 is 0 Å². The number of aliphatic imine (C=N–C) groups is 1. The average Bonchev–Trinajstić information content (AvgIpc) is 2.72. The SMILES string of the molecule is CCNC(=NCc1ccnc2ccccc12)NCCCOC1CCOCC1. The number of fused-ring (bicyclic) bond motifs is 1. The molecule has 1 aliphatic heterocycles. The van der Waals surface area contributed by atoms with Gasteiger partial charge in [-0.15, -0.1) is 0 Å². The Morgan fingerprint density at radius 3 is 2.93 bits per heavy atom. The maximum atomic E-state index is 5.91. The van der Waals surface area contributed by atoms with Crippen molar-refractivity contribution >= 4 is 16.9 Å². The van der Waals surface area contributed by atoms with Gasteiger partial charge in [-0.1, -0.05) is 18.2 Å². The van der Waals surface area contributed by atoms with Crippen LogP contribution in [-0.2, 0) is 16.0 Å². The van der Waals surface area contributed by atoms with Crippen molar-refractivity contribution in [3.63, 3.8) is 0 Å². The number of hydrogen-bond acceptors (Lipinski definition) is 4. The van der Waals surface area contributed by atoms with Gasteiger partial charge in [0, 0.05) is 44.5 Å². The molecule has 0 unspecified atom stereocenters. The Morgan fingerprint density at radius 1 is 1.22 bits per heavy atom. The summed E-state index contributed by atoms with van der Waals surface area (Å²) in [6.45, 7) is 6.79. The van der Waals surface area contributed by atoms with Gasteiger partial charge in [-0.25, -0.2) is 4.99 Å². The predicted octanol–water partition coefficient (Wildman–Crippen LogP) is 2.88. The third-order valence-electron chi connectivity index (χ3n) is 4.63. The summed E-state index contributed by atoms with van der Waals surface area (Å²) < 4.78 is 11.3. The summed E-state index contributed by atoms with van der Waals surface area (Å²) in [4.78, 5) is 9.14. The van der Waals surface area contributed by atoms with E-state index in [1.807, 2.05) is 30.5 Å². The van der Waals surface area contributed by atoms with E-state index in [4.69, 9.17) is 14.5 Å². The Balaban J connectivity index is 1.47. The largest absolute Gasteiger partial charge is 0.381 e. The number of rotatable bonds is 8. The lowest BCUT2D eigenvalue weighted by Gasteiger charge is -2.22. The molecular formula is C21H30N4O2. The molecule has 0 aliphatic carbocycles. The van der Waals surface area contributed by atoms with Gasteiger partial charge in [-0.3, -0.25) is 4.98 Å². The first-order valence-corrected chi connectivity index (χ1v) is 9.91. The van der Waals surface area contributed by atoms with Crippen LogP contribution in [0.15, 0.2) is 41.5 Å². The van der Waals surface area contributed by atoms with Gasteiger partial charge >= 0.3 is 0 Å². The van der Waals surface area contributed by atoms with Crippen LogP contribution in [0.2, 0.25) is 0 Å². The summed E-state index contributed by atoms with van der Waals surface area (Å²) in [5, 5.41) is 7.86. The van der Waals surface area contributed by atoms with E-state index in [1.54, 1.807) is 0 Å². The zero-order valence-corrected chi connectivity index (χ0v) is 16.1. The molecule has 0 bridgehead atoms. The Morgan fingerprint density at radius 2 is 2.07 bits per heavy atom. The lowest BCUT2D eigenvalue weighted by Crippen LogP contribution is -2.38. The quantitative estimate of drug-likeness (QED) is 0.425. The summed E-state index contributed by atoms with van der Waals surface area (Å²) >= 11 is 0. The maximum Gasteiger partial charge on any atom is 0.191 e. The lowest BCUT2D eigenvalue weighted by atomic mass is 10.1. The number of ether oxygens (including phenoxy) is 2.